The normalized spacial score (nSPS) is 10.5. The third-order valence-corrected chi connectivity index (χ3v) is 1.57. The SMILES string of the molecule is COc1nccc2nc(C)oc12. The van der Waals surface area contributed by atoms with Gasteiger partial charge in [0.1, 0.15) is 5.52 Å². The summed E-state index contributed by atoms with van der Waals surface area (Å²) in [4.78, 5) is 8.12. The molecule has 0 amide bonds. The van der Waals surface area contributed by atoms with Crippen LogP contribution in [0.3, 0.4) is 0 Å². The second kappa shape index (κ2) is 2.48. The minimum Gasteiger partial charge on any atom is -0.478 e. The monoisotopic (exact) mass is 164 g/mol. The molecule has 0 fully saturated rings. The number of hydrogen-bond donors (Lipinski definition) is 0. The number of pyridine rings is 1. The lowest BCUT2D eigenvalue weighted by Gasteiger charge is -1.95. The minimum atomic E-state index is 0.480. The molecule has 0 aromatic carbocycles. The Morgan fingerprint density at radius 1 is 1.50 bits per heavy atom. The molecule has 12 heavy (non-hydrogen) atoms. The van der Waals surface area contributed by atoms with E-state index in [0.717, 1.165) is 5.52 Å². The molecule has 0 bridgehead atoms. The summed E-state index contributed by atoms with van der Waals surface area (Å²) in [5.41, 5.74) is 1.39. The van der Waals surface area contributed by atoms with Gasteiger partial charge in [-0.15, -0.1) is 0 Å². The highest BCUT2D eigenvalue weighted by Crippen LogP contribution is 2.22. The summed E-state index contributed by atoms with van der Waals surface area (Å²) < 4.78 is 10.3. The van der Waals surface area contributed by atoms with Gasteiger partial charge in [-0.3, -0.25) is 0 Å². The Morgan fingerprint density at radius 3 is 3.08 bits per heavy atom. The third kappa shape index (κ3) is 0.922. The maximum Gasteiger partial charge on any atom is 0.259 e. The van der Waals surface area contributed by atoms with Crippen LogP contribution < -0.4 is 4.74 Å². The van der Waals surface area contributed by atoms with Crippen molar-refractivity contribution in [1.82, 2.24) is 9.97 Å². The Labute approximate surface area is 69.2 Å². The molecule has 4 heteroatoms. The number of nitrogens with zero attached hydrogens (tertiary/aromatic N) is 2. The van der Waals surface area contributed by atoms with Gasteiger partial charge in [-0.2, -0.15) is 0 Å². The molecule has 2 heterocycles. The molecular formula is C8H8N2O2. The Bertz CT molecular complexity index is 408. The summed E-state index contributed by atoms with van der Waals surface area (Å²) >= 11 is 0. The van der Waals surface area contributed by atoms with Gasteiger partial charge in [-0.05, 0) is 6.07 Å². The van der Waals surface area contributed by atoms with E-state index in [1.54, 1.807) is 26.3 Å². The van der Waals surface area contributed by atoms with Crippen molar-refractivity contribution in [3.05, 3.63) is 18.2 Å². The zero-order valence-electron chi connectivity index (χ0n) is 6.87. The van der Waals surface area contributed by atoms with Crippen LogP contribution >= 0.6 is 0 Å². The van der Waals surface area contributed by atoms with Crippen molar-refractivity contribution in [3.63, 3.8) is 0 Å². The number of rotatable bonds is 1. The summed E-state index contributed by atoms with van der Waals surface area (Å²) in [5.74, 6) is 1.10. The standard InChI is InChI=1S/C8H8N2O2/c1-5-10-6-3-4-9-8(11-2)7(6)12-5/h3-4H,1-2H3. The van der Waals surface area contributed by atoms with Gasteiger partial charge < -0.3 is 9.15 Å². The van der Waals surface area contributed by atoms with Gasteiger partial charge in [0.15, 0.2) is 5.89 Å². The van der Waals surface area contributed by atoms with E-state index in [1.165, 1.54) is 0 Å². The van der Waals surface area contributed by atoms with Crippen LogP contribution in [0.4, 0.5) is 0 Å². The maximum absolute atomic E-state index is 5.29. The average Bonchev–Trinajstić information content (AvgIpc) is 2.44. The summed E-state index contributed by atoms with van der Waals surface area (Å²) in [6, 6.07) is 1.79. The first kappa shape index (κ1) is 7.09. The fourth-order valence-electron chi connectivity index (χ4n) is 1.09. The quantitative estimate of drug-likeness (QED) is 0.641. The van der Waals surface area contributed by atoms with Crippen LogP contribution in [-0.4, -0.2) is 17.1 Å². The van der Waals surface area contributed by atoms with Crippen molar-refractivity contribution in [1.29, 1.82) is 0 Å². The summed E-state index contributed by atoms with van der Waals surface area (Å²) in [6.45, 7) is 1.79. The van der Waals surface area contributed by atoms with E-state index in [-0.39, 0.29) is 0 Å². The molecule has 0 radical (unpaired) electrons. The van der Waals surface area contributed by atoms with E-state index in [0.29, 0.717) is 17.4 Å². The highest BCUT2D eigenvalue weighted by molar-refractivity contribution is 5.77. The second-order valence-electron chi connectivity index (χ2n) is 2.40. The molecule has 4 nitrogen and oxygen atoms in total. The predicted molar refractivity (Wildman–Crippen MR) is 43.1 cm³/mol. The van der Waals surface area contributed by atoms with Crippen LogP contribution in [0, 0.1) is 6.92 Å². The molecule has 0 saturated heterocycles. The number of hydrogen-bond acceptors (Lipinski definition) is 4. The van der Waals surface area contributed by atoms with Gasteiger partial charge in [0.25, 0.3) is 5.88 Å². The molecule has 0 unspecified atom stereocenters. The fraction of sp³-hybridized carbons (Fsp3) is 0.250. The molecule has 0 aliphatic heterocycles. The Hall–Kier alpha value is -1.58. The van der Waals surface area contributed by atoms with Gasteiger partial charge in [-0.1, -0.05) is 0 Å². The lowest BCUT2D eigenvalue weighted by atomic mass is 10.4. The Kier molecular flexibility index (Phi) is 1.46. The average molecular weight is 164 g/mol. The largest absolute Gasteiger partial charge is 0.478 e. The topological polar surface area (TPSA) is 48.2 Å². The van der Waals surface area contributed by atoms with Crippen LogP contribution in [0.5, 0.6) is 5.88 Å². The van der Waals surface area contributed by atoms with Crippen LogP contribution in [-0.2, 0) is 0 Å². The van der Waals surface area contributed by atoms with E-state index >= 15 is 0 Å². The van der Waals surface area contributed by atoms with Crippen LogP contribution in [0.2, 0.25) is 0 Å². The lowest BCUT2D eigenvalue weighted by molar-refractivity contribution is 0.392. The van der Waals surface area contributed by atoms with Gasteiger partial charge in [0.2, 0.25) is 5.58 Å². The van der Waals surface area contributed by atoms with Crippen molar-refractivity contribution in [3.8, 4) is 5.88 Å². The van der Waals surface area contributed by atoms with Gasteiger partial charge in [0.05, 0.1) is 7.11 Å². The van der Waals surface area contributed by atoms with Gasteiger partial charge in [0, 0.05) is 13.1 Å². The summed E-state index contributed by atoms with van der Waals surface area (Å²) in [6.07, 6.45) is 1.64. The molecule has 2 aromatic heterocycles. The molecule has 2 rings (SSSR count). The Morgan fingerprint density at radius 2 is 2.33 bits per heavy atom. The minimum absolute atomic E-state index is 0.480. The van der Waals surface area contributed by atoms with Crippen molar-refractivity contribution < 1.29 is 9.15 Å². The smallest absolute Gasteiger partial charge is 0.259 e. The van der Waals surface area contributed by atoms with E-state index in [1.807, 2.05) is 0 Å². The molecule has 62 valence electrons. The van der Waals surface area contributed by atoms with Crippen LogP contribution in [0.1, 0.15) is 5.89 Å². The van der Waals surface area contributed by atoms with E-state index in [9.17, 15) is 0 Å². The van der Waals surface area contributed by atoms with Crippen molar-refractivity contribution >= 4 is 11.1 Å². The van der Waals surface area contributed by atoms with Gasteiger partial charge in [-0.25, -0.2) is 9.97 Å². The summed E-state index contributed by atoms with van der Waals surface area (Å²) in [5, 5.41) is 0. The maximum atomic E-state index is 5.29. The molecule has 0 aliphatic rings. The fourth-order valence-corrected chi connectivity index (χ4v) is 1.09. The number of methoxy groups -OCH3 is 1. The van der Waals surface area contributed by atoms with Gasteiger partial charge >= 0.3 is 0 Å². The van der Waals surface area contributed by atoms with Crippen LogP contribution in [0.25, 0.3) is 11.1 Å². The van der Waals surface area contributed by atoms with Crippen molar-refractivity contribution in [2.24, 2.45) is 0 Å². The number of ether oxygens (including phenoxy) is 1. The first-order chi connectivity index (χ1) is 5.81. The second-order valence-corrected chi connectivity index (χ2v) is 2.40. The first-order valence-electron chi connectivity index (χ1n) is 3.57. The zero-order valence-corrected chi connectivity index (χ0v) is 6.87. The molecule has 0 aliphatic carbocycles. The predicted octanol–water partition coefficient (Wildman–Crippen LogP) is 1.54. The molecule has 0 atom stereocenters. The summed E-state index contributed by atoms with van der Waals surface area (Å²) in [7, 11) is 1.56. The molecule has 2 aromatic rings. The number of fused-ring (bicyclic) bond motifs is 1. The number of aromatic nitrogens is 2. The highest BCUT2D eigenvalue weighted by atomic mass is 16.5. The van der Waals surface area contributed by atoms with E-state index in [4.69, 9.17) is 9.15 Å². The van der Waals surface area contributed by atoms with Crippen LogP contribution in [0.15, 0.2) is 16.7 Å². The molecular weight excluding hydrogens is 156 g/mol. The van der Waals surface area contributed by atoms with E-state index in [2.05, 4.69) is 9.97 Å². The Balaban J connectivity index is 2.78. The van der Waals surface area contributed by atoms with E-state index < -0.39 is 0 Å². The third-order valence-electron chi connectivity index (χ3n) is 1.57. The highest BCUT2D eigenvalue weighted by Gasteiger charge is 2.07. The van der Waals surface area contributed by atoms with Crippen molar-refractivity contribution in [2.75, 3.05) is 7.11 Å². The number of oxazole rings is 1. The van der Waals surface area contributed by atoms with Crippen molar-refractivity contribution in [2.45, 2.75) is 6.92 Å². The molecule has 0 spiro atoms. The lowest BCUT2D eigenvalue weighted by Crippen LogP contribution is -1.86. The molecule has 0 N–H and O–H groups in total. The molecule has 0 saturated carbocycles. The zero-order chi connectivity index (χ0) is 8.55. The first-order valence-corrected chi connectivity index (χ1v) is 3.57. The number of aryl methyl sites for hydroxylation is 1.